The lowest BCUT2D eigenvalue weighted by Gasteiger charge is -2.18. The third-order valence-corrected chi connectivity index (χ3v) is 4.02. The highest BCUT2D eigenvalue weighted by Gasteiger charge is 2.23. The number of halogens is 1. The number of benzene rings is 2. The molecule has 0 aliphatic heterocycles. The summed E-state index contributed by atoms with van der Waals surface area (Å²) in [4.78, 5) is 24.6. The highest BCUT2D eigenvalue weighted by Crippen LogP contribution is 2.07. The van der Waals surface area contributed by atoms with E-state index in [0.717, 1.165) is 15.6 Å². The number of carbonyl (C=O) groups excluding carboxylic acids is 2. The van der Waals surface area contributed by atoms with E-state index >= 15 is 0 Å². The van der Waals surface area contributed by atoms with E-state index in [1.165, 1.54) is 0 Å². The van der Waals surface area contributed by atoms with Crippen molar-refractivity contribution >= 4 is 34.5 Å². The molecule has 2 aromatic carbocycles. The molecule has 1 N–H and O–H groups in total. The number of nitrogens with one attached hydrogen (secondary N) is 1. The zero-order valence-corrected chi connectivity index (χ0v) is 16.6. The molecule has 2 aromatic rings. The van der Waals surface area contributed by atoms with Gasteiger partial charge in [-0.2, -0.15) is 0 Å². The fraction of sp³-hybridized carbons (Fsp3) is 0.300. The minimum Gasteiger partial charge on any atom is -0.459 e. The molecule has 0 spiro atoms. The molecular weight excluding hydrogens is 445 g/mol. The fourth-order valence-corrected chi connectivity index (χ4v) is 2.64. The van der Waals surface area contributed by atoms with E-state index in [-0.39, 0.29) is 19.1 Å². The molecule has 26 heavy (non-hydrogen) atoms. The van der Waals surface area contributed by atoms with Gasteiger partial charge >= 0.3 is 5.97 Å². The van der Waals surface area contributed by atoms with Gasteiger partial charge in [0.05, 0.1) is 6.61 Å². The topological polar surface area (TPSA) is 64.6 Å². The molecule has 0 heterocycles. The minimum absolute atomic E-state index is 0.0692. The van der Waals surface area contributed by atoms with Crippen molar-refractivity contribution in [3.63, 3.8) is 0 Å². The molecule has 1 amide bonds. The molecule has 0 unspecified atom stereocenters. The van der Waals surface area contributed by atoms with Gasteiger partial charge in [0, 0.05) is 10.8 Å². The maximum Gasteiger partial charge on any atom is 0.329 e. The Hall–Kier alpha value is -1.93. The minimum atomic E-state index is -0.753. The van der Waals surface area contributed by atoms with Crippen molar-refractivity contribution in [3.8, 4) is 0 Å². The van der Waals surface area contributed by atoms with Crippen molar-refractivity contribution < 1.29 is 19.1 Å². The lowest BCUT2D eigenvalue weighted by molar-refractivity contribution is -0.149. The van der Waals surface area contributed by atoms with Crippen molar-refractivity contribution in [2.24, 2.45) is 0 Å². The Bertz CT molecular complexity index is 679. The molecule has 138 valence electrons. The number of hydrogen-bond acceptors (Lipinski definition) is 4. The first-order valence-electron chi connectivity index (χ1n) is 8.36. The molecule has 0 aliphatic rings. The fourth-order valence-electron chi connectivity index (χ4n) is 2.33. The van der Waals surface area contributed by atoms with Gasteiger partial charge in [0.15, 0.2) is 0 Å². The van der Waals surface area contributed by atoms with E-state index in [0.29, 0.717) is 13.0 Å². The van der Waals surface area contributed by atoms with E-state index < -0.39 is 12.0 Å². The summed E-state index contributed by atoms with van der Waals surface area (Å²) in [5.74, 6) is -0.785. The van der Waals surface area contributed by atoms with Crippen LogP contribution in [-0.2, 0) is 32.1 Å². The lowest BCUT2D eigenvalue weighted by atomic mass is 10.1. The predicted molar refractivity (Wildman–Crippen MR) is 108 cm³/mol. The van der Waals surface area contributed by atoms with Crippen LogP contribution in [0.3, 0.4) is 0 Å². The second kappa shape index (κ2) is 11.6. The second-order valence-electron chi connectivity index (χ2n) is 5.64. The number of amides is 1. The van der Waals surface area contributed by atoms with Gasteiger partial charge in [-0.25, -0.2) is 4.79 Å². The quantitative estimate of drug-likeness (QED) is 0.253. The summed E-state index contributed by atoms with van der Waals surface area (Å²) in [5.41, 5.74) is 1.85. The third kappa shape index (κ3) is 7.53. The van der Waals surface area contributed by atoms with Crippen LogP contribution in [0.4, 0.5) is 0 Å². The standard InChI is InChI=1S/C20H22INO4/c21-11-12-25-15-19(23)22-18(13-16-7-3-1-4-8-16)20(24)26-14-17-9-5-2-6-10-17/h1-10,18H,11-15H2,(H,22,23)/t18-/m0/s1. The van der Waals surface area contributed by atoms with E-state index in [2.05, 4.69) is 27.9 Å². The highest BCUT2D eigenvalue weighted by molar-refractivity contribution is 14.1. The first kappa shape index (κ1) is 20.4. The van der Waals surface area contributed by atoms with Crippen LogP contribution in [0.2, 0.25) is 0 Å². The lowest BCUT2D eigenvalue weighted by Crippen LogP contribution is -2.44. The zero-order valence-electron chi connectivity index (χ0n) is 14.4. The molecule has 0 bridgehead atoms. The summed E-state index contributed by atoms with van der Waals surface area (Å²) in [6.45, 7) is 0.599. The van der Waals surface area contributed by atoms with Crippen LogP contribution in [0.15, 0.2) is 60.7 Å². The van der Waals surface area contributed by atoms with Crippen molar-refractivity contribution in [2.75, 3.05) is 17.6 Å². The number of rotatable bonds is 10. The van der Waals surface area contributed by atoms with Gasteiger partial charge in [0.1, 0.15) is 19.3 Å². The third-order valence-electron chi connectivity index (χ3n) is 3.58. The number of carbonyl (C=O) groups is 2. The summed E-state index contributed by atoms with van der Waals surface area (Å²) in [6.07, 6.45) is 0.368. The summed E-state index contributed by atoms with van der Waals surface area (Å²) in [6, 6.07) is 18.2. The molecule has 0 aromatic heterocycles. The van der Waals surface area contributed by atoms with Crippen LogP contribution in [0.25, 0.3) is 0 Å². The van der Waals surface area contributed by atoms with Gasteiger partial charge in [0.25, 0.3) is 0 Å². The van der Waals surface area contributed by atoms with Crippen LogP contribution < -0.4 is 5.32 Å². The van der Waals surface area contributed by atoms with E-state index in [1.54, 1.807) is 0 Å². The summed E-state index contributed by atoms with van der Waals surface area (Å²) in [7, 11) is 0. The van der Waals surface area contributed by atoms with Gasteiger partial charge in [-0.3, -0.25) is 4.79 Å². The first-order chi connectivity index (χ1) is 12.7. The van der Waals surface area contributed by atoms with Crippen LogP contribution in [0, 0.1) is 0 Å². The number of ether oxygens (including phenoxy) is 2. The molecule has 0 saturated heterocycles. The van der Waals surface area contributed by atoms with Crippen molar-refractivity contribution in [1.29, 1.82) is 0 Å². The Morgan fingerprint density at radius 3 is 2.19 bits per heavy atom. The number of hydrogen-bond donors (Lipinski definition) is 1. The Morgan fingerprint density at radius 2 is 1.58 bits per heavy atom. The molecule has 0 saturated carbocycles. The van der Waals surface area contributed by atoms with Gasteiger partial charge < -0.3 is 14.8 Å². The second-order valence-corrected chi connectivity index (χ2v) is 6.72. The maximum atomic E-state index is 12.5. The summed E-state index contributed by atoms with van der Waals surface area (Å²) in [5, 5.41) is 2.72. The monoisotopic (exact) mass is 467 g/mol. The maximum absolute atomic E-state index is 12.5. The SMILES string of the molecule is O=C(COCCI)N[C@@H](Cc1ccccc1)C(=O)OCc1ccccc1. The van der Waals surface area contributed by atoms with Crippen LogP contribution in [0.1, 0.15) is 11.1 Å². The van der Waals surface area contributed by atoms with E-state index in [9.17, 15) is 9.59 Å². The zero-order chi connectivity index (χ0) is 18.6. The molecule has 1 atom stereocenters. The van der Waals surface area contributed by atoms with Gasteiger partial charge in [-0.15, -0.1) is 0 Å². The van der Waals surface area contributed by atoms with E-state index in [1.807, 2.05) is 60.7 Å². The number of esters is 1. The Morgan fingerprint density at radius 1 is 0.962 bits per heavy atom. The van der Waals surface area contributed by atoms with Gasteiger partial charge in [-0.1, -0.05) is 83.3 Å². The average molecular weight is 467 g/mol. The molecule has 0 fully saturated rings. The Labute approximate surface area is 167 Å². The van der Waals surface area contributed by atoms with E-state index in [4.69, 9.17) is 9.47 Å². The van der Waals surface area contributed by atoms with Crippen molar-refractivity contribution in [1.82, 2.24) is 5.32 Å². The number of alkyl halides is 1. The van der Waals surface area contributed by atoms with Crippen LogP contribution in [-0.4, -0.2) is 35.6 Å². The Kier molecular flexibility index (Phi) is 9.13. The smallest absolute Gasteiger partial charge is 0.329 e. The van der Waals surface area contributed by atoms with Gasteiger partial charge in [-0.05, 0) is 11.1 Å². The van der Waals surface area contributed by atoms with Crippen LogP contribution in [0.5, 0.6) is 0 Å². The summed E-state index contributed by atoms with van der Waals surface area (Å²) < 4.78 is 11.4. The average Bonchev–Trinajstić information content (AvgIpc) is 2.67. The van der Waals surface area contributed by atoms with Crippen molar-refractivity contribution in [2.45, 2.75) is 19.1 Å². The normalized spacial score (nSPS) is 11.6. The molecule has 6 heteroatoms. The molecule has 0 aliphatic carbocycles. The van der Waals surface area contributed by atoms with Gasteiger partial charge in [0.2, 0.25) is 5.91 Å². The molecule has 2 rings (SSSR count). The summed E-state index contributed by atoms with van der Waals surface area (Å²) >= 11 is 2.17. The first-order valence-corrected chi connectivity index (χ1v) is 9.89. The predicted octanol–water partition coefficient (Wildman–Crippen LogP) is 2.91. The Balaban J connectivity index is 1.96. The molecule has 0 radical (unpaired) electrons. The molecular formula is C20H22INO4. The molecule has 5 nitrogen and oxygen atoms in total. The van der Waals surface area contributed by atoms with Crippen molar-refractivity contribution in [3.05, 3.63) is 71.8 Å². The van der Waals surface area contributed by atoms with Crippen LogP contribution >= 0.6 is 22.6 Å². The highest BCUT2D eigenvalue weighted by atomic mass is 127. The largest absolute Gasteiger partial charge is 0.459 e.